The zero-order chi connectivity index (χ0) is 17.0. The third-order valence-corrected chi connectivity index (χ3v) is 3.42. The summed E-state index contributed by atoms with van der Waals surface area (Å²) in [6.07, 6.45) is 1.81. The molecule has 2 nitrogen and oxygen atoms in total. The first-order valence-corrected chi connectivity index (χ1v) is 8.03. The van der Waals surface area contributed by atoms with Crippen LogP contribution in [-0.2, 0) is 0 Å². The number of hydrogen-bond acceptors (Lipinski definition) is 2. The highest BCUT2D eigenvalue weighted by molar-refractivity contribution is 6.14. The first-order chi connectivity index (χ1) is 11.5. The van der Waals surface area contributed by atoms with E-state index in [-0.39, 0.29) is 5.54 Å². The Morgan fingerprint density at radius 2 is 1.75 bits per heavy atom. The molecule has 0 aliphatic rings. The van der Waals surface area contributed by atoms with Gasteiger partial charge < -0.3 is 0 Å². The SMILES string of the molecule is CC(C)(C)N=C(C#Cc1ccccc1)c1ccc2ncccc2c1. The van der Waals surface area contributed by atoms with E-state index < -0.39 is 0 Å². The molecule has 24 heavy (non-hydrogen) atoms. The predicted molar refractivity (Wildman–Crippen MR) is 101 cm³/mol. The molecule has 0 radical (unpaired) electrons. The average Bonchev–Trinajstić information content (AvgIpc) is 2.58. The minimum absolute atomic E-state index is 0.190. The molecule has 0 fully saturated rings. The highest BCUT2D eigenvalue weighted by Crippen LogP contribution is 2.16. The molecule has 1 aromatic heterocycles. The lowest BCUT2D eigenvalue weighted by atomic mass is 10.0. The quantitative estimate of drug-likeness (QED) is 0.464. The summed E-state index contributed by atoms with van der Waals surface area (Å²) in [6, 6.07) is 20.2. The number of benzene rings is 2. The molecule has 0 bridgehead atoms. The summed E-state index contributed by atoms with van der Waals surface area (Å²) in [5.41, 5.74) is 3.60. The molecule has 0 aliphatic heterocycles. The van der Waals surface area contributed by atoms with E-state index in [0.717, 1.165) is 27.7 Å². The number of hydrogen-bond donors (Lipinski definition) is 0. The molecule has 0 N–H and O–H groups in total. The minimum Gasteiger partial charge on any atom is -0.270 e. The van der Waals surface area contributed by atoms with Gasteiger partial charge in [-0.2, -0.15) is 0 Å². The third kappa shape index (κ3) is 4.08. The number of aromatic nitrogens is 1. The van der Waals surface area contributed by atoms with Crippen LogP contribution in [0.4, 0.5) is 0 Å². The van der Waals surface area contributed by atoms with Gasteiger partial charge in [-0.25, -0.2) is 0 Å². The Balaban J connectivity index is 2.07. The van der Waals surface area contributed by atoms with E-state index in [0.29, 0.717) is 0 Å². The molecule has 0 aliphatic carbocycles. The molecule has 0 atom stereocenters. The summed E-state index contributed by atoms with van der Waals surface area (Å²) in [7, 11) is 0. The number of fused-ring (bicyclic) bond motifs is 1. The molecule has 118 valence electrons. The first-order valence-electron chi connectivity index (χ1n) is 8.03. The van der Waals surface area contributed by atoms with Crippen LogP contribution in [0.1, 0.15) is 31.9 Å². The van der Waals surface area contributed by atoms with E-state index >= 15 is 0 Å². The Labute approximate surface area is 143 Å². The molecular weight excluding hydrogens is 292 g/mol. The van der Waals surface area contributed by atoms with E-state index in [1.807, 2.05) is 48.5 Å². The molecule has 0 saturated heterocycles. The van der Waals surface area contributed by atoms with Crippen LogP contribution < -0.4 is 0 Å². The zero-order valence-electron chi connectivity index (χ0n) is 14.2. The van der Waals surface area contributed by atoms with Crippen LogP contribution in [0.15, 0.2) is 71.9 Å². The zero-order valence-corrected chi connectivity index (χ0v) is 14.2. The molecule has 3 aromatic rings. The monoisotopic (exact) mass is 312 g/mol. The molecule has 0 unspecified atom stereocenters. The van der Waals surface area contributed by atoms with Crippen LogP contribution in [0.3, 0.4) is 0 Å². The van der Waals surface area contributed by atoms with Crippen molar-refractivity contribution in [2.24, 2.45) is 4.99 Å². The van der Waals surface area contributed by atoms with Crippen molar-refractivity contribution in [2.75, 3.05) is 0 Å². The first kappa shape index (κ1) is 16.0. The van der Waals surface area contributed by atoms with Gasteiger partial charge >= 0.3 is 0 Å². The van der Waals surface area contributed by atoms with Crippen LogP contribution in [0.2, 0.25) is 0 Å². The van der Waals surface area contributed by atoms with E-state index in [1.165, 1.54) is 0 Å². The Kier molecular flexibility index (Phi) is 4.44. The van der Waals surface area contributed by atoms with Gasteiger partial charge in [0, 0.05) is 22.7 Å². The topological polar surface area (TPSA) is 25.2 Å². The van der Waals surface area contributed by atoms with Crippen molar-refractivity contribution in [1.82, 2.24) is 4.98 Å². The van der Waals surface area contributed by atoms with Gasteiger partial charge in [-0.05, 0) is 63.1 Å². The summed E-state index contributed by atoms with van der Waals surface area (Å²) in [6.45, 7) is 6.25. The highest BCUT2D eigenvalue weighted by atomic mass is 14.8. The summed E-state index contributed by atoms with van der Waals surface area (Å²) < 4.78 is 0. The maximum absolute atomic E-state index is 4.82. The largest absolute Gasteiger partial charge is 0.270 e. The van der Waals surface area contributed by atoms with Crippen molar-refractivity contribution >= 4 is 16.6 Å². The predicted octanol–water partition coefficient (Wildman–Crippen LogP) is 4.87. The fourth-order valence-electron chi connectivity index (χ4n) is 2.38. The summed E-state index contributed by atoms with van der Waals surface area (Å²) in [5, 5.41) is 1.10. The van der Waals surface area contributed by atoms with Crippen LogP contribution in [0.25, 0.3) is 10.9 Å². The van der Waals surface area contributed by atoms with E-state index in [9.17, 15) is 0 Å². The number of rotatable bonds is 1. The number of pyridine rings is 1. The lowest BCUT2D eigenvalue weighted by Gasteiger charge is -2.13. The van der Waals surface area contributed by atoms with Crippen LogP contribution in [0, 0.1) is 11.8 Å². The van der Waals surface area contributed by atoms with Crippen molar-refractivity contribution in [3.63, 3.8) is 0 Å². The fraction of sp³-hybridized carbons (Fsp3) is 0.182. The maximum atomic E-state index is 4.82. The van der Waals surface area contributed by atoms with Gasteiger partial charge in [0.1, 0.15) is 5.71 Å². The van der Waals surface area contributed by atoms with Crippen LogP contribution in [-0.4, -0.2) is 16.2 Å². The van der Waals surface area contributed by atoms with Crippen molar-refractivity contribution in [3.8, 4) is 11.8 Å². The normalized spacial score (nSPS) is 11.9. The molecule has 1 heterocycles. The summed E-state index contributed by atoms with van der Waals surface area (Å²) in [4.78, 5) is 9.20. The van der Waals surface area contributed by atoms with Gasteiger partial charge in [-0.3, -0.25) is 9.98 Å². The van der Waals surface area contributed by atoms with E-state index in [2.05, 4.69) is 49.7 Å². The third-order valence-electron chi connectivity index (χ3n) is 3.42. The smallest absolute Gasteiger partial charge is 0.115 e. The van der Waals surface area contributed by atoms with Crippen molar-refractivity contribution in [2.45, 2.75) is 26.3 Å². The van der Waals surface area contributed by atoms with Crippen LogP contribution in [0.5, 0.6) is 0 Å². The lowest BCUT2D eigenvalue weighted by Crippen LogP contribution is -2.14. The Morgan fingerprint density at radius 1 is 0.958 bits per heavy atom. The lowest BCUT2D eigenvalue weighted by molar-refractivity contribution is 0.585. The molecule has 2 heteroatoms. The molecule has 0 spiro atoms. The highest BCUT2D eigenvalue weighted by Gasteiger charge is 2.11. The maximum Gasteiger partial charge on any atom is 0.115 e. The van der Waals surface area contributed by atoms with Crippen LogP contribution >= 0.6 is 0 Å². The second-order valence-corrected chi connectivity index (χ2v) is 6.66. The van der Waals surface area contributed by atoms with Crippen molar-refractivity contribution < 1.29 is 0 Å². The molecule has 0 saturated carbocycles. The summed E-state index contributed by atoms with van der Waals surface area (Å²) >= 11 is 0. The van der Waals surface area contributed by atoms with Crippen molar-refractivity contribution in [1.29, 1.82) is 0 Å². The van der Waals surface area contributed by atoms with Gasteiger partial charge in [-0.1, -0.05) is 30.2 Å². The Hall–Kier alpha value is -2.92. The minimum atomic E-state index is -0.190. The second-order valence-electron chi connectivity index (χ2n) is 6.66. The average molecular weight is 312 g/mol. The Bertz CT molecular complexity index is 936. The molecule has 2 aromatic carbocycles. The number of nitrogens with zero attached hydrogens (tertiary/aromatic N) is 2. The van der Waals surface area contributed by atoms with Gasteiger partial charge in [0.05, 0.1) is 11.1 Å². The van der Waals surface area contributed by atoms with Gasteiger partial charge in [0.2, 0.25) is 0 Å². The standard InChI is InChI=1S/C22H20N2/c1-22(2,3)24-21(13-11-17-8-5-4-6-9-17)19-12-14-20-18(16-19)10-7-15-23-20/h4-10,12,14-16H,1-3H3. The fourth-order valence-corrected chi connectivity index (χ4v) is 2.38. The van der Waals surface area contributed by atoms with E-state index in [4.69, 9.17) is 4.99 Å². The molecule has 0 amide bonds. The van der Waals surface area contributed by atoms with Gasteiger partial charge in [0.25, 0.3) is 0 Å². The number of aliphatic imine (C=N–C) groups is 1. The summed E-state index contributed by atoms with van der Waals surface area (Å²) in [5.74, 6) is 6.47. The molecule has 3 rings (SSSR count). The molecular formula is C22H20N2. The Morgan fingerprint density at radius 3 is 2.50 bits per heavy atom. The van der Waals surface area contributed by atoms with Gasteiger partial charge in [-0.15, -0.1) is 0 Å². The van der Waals surface area contributed by atoms with E-state index in [1.54, 1.807) is 6.20 Å². The van der Waals surface area contributed by atoms with Crippen molar-refractivity contribution in [3.05, 3.63) is 78.0 Å². The second kappa shape index (κ2) is 6.68. The van der Waals surface area contributed by atoms with Gasteiger partial charge in [0.15, 0.2) is 0 Å².